The Kier molecular flexibility index (Phi) is 4.99. The number of aliphatic hydroxyl groups excluding tert-OH is 1. The fourth-order valence-electron chi connectivity index (χ4n) is 2.60. The Labute approximate surface area is 107 Å². The Bertz CT molecular complexity index is 226. The van der Waals surface area contributed by atoms with Gasteiger partial charge in [0.05, 0.1) is 6.61 Å². The number of piperidine rings is 1. The van der Waals surface area contributed by atoms with E-state index in [1.165, 1.54) is 25.9 Å². The Morgan fingerprint density at radius 1 is 1.35 bits per heavy atom. The lowest BCUT2D eigenvalue weighted by atomic mass is 9.81. The first-order valence-electron chi connectivity index (χ1n) is 6.86. The molecule has 0 spiro atoms. The Morgan fingerprint density at radius 2 is 1.88 bits per heavy atom. The molecule has 3 nitrogen and oxygen atoms in total. The van der Waals surface area contributed by atoms with Gasteiger partial charge in [-0.15, -0.1) is 0 Å². The molecule has 1 aliphatic rings. The minimum absolute atomic E-state index is 0.146. The van der Waals surface area contributed by atoms with Crippen LogP contribution in [0.25, 0.3) is 0 Å². The number of hydrogen-bond acceptors (Lipinski definition) is 3. The topological polar surface area (TPSA) is 35.5 Å². The van der Waals surface area contributed by atoms with Crippen molar-refractivity contribution in [2.24, 2.45) is 5.41 Å². The zero-order chi connectivity index (χ0) is 13.1. The summed E-state index contributed by atoms with van der Waals surface area (Å²) >= 11 is 0. The summed E-state index contributed by atoms with van der Waals surface area (Å²) in [7, 11) is 1.93. The van der Waals surface area contributed by atoms with E-state index in [2.05, 4.69) is 37.9 Å². The van der Waals surface area contributed by atoms with E-state index in [9.17, 15) is 5.11 Å². The van der Waals surface area contributed by atoms with E-state index in [0.29, 0.717) is 11.5 Å². The maximum absolute atomic E-state index is 9.43. The van der Waals surface area contributed by atoms with Crippen LogP contribution in [0.2, 0.25) is 0 Å². The van der Waals surface area contributed by atoms with Gasteiger partial charge in [-0.25, -0.2) is 0 Å². The highest BCUT2D eigenvalue weighted by Crippen LogP contribution is 2.31. The molecule has 0 aromatic heterocycles. The fraction of sp³-hybridized carbons (Fsp3) is 1.00. The van der Waals surface area contributed by atoms with E-state index in [0.717, 1.165) is 6.42 Å². The molecule has 2 unspecified atom stereocenters. The minimum atomic E-state index is -0.146. The molecule has 1 fully saturated rings. The van der Waals surface area contributed by atoms with E-state index < -0.39 is 0 Å². The largest absolute Gasteiger partial charge is 0.394 e. The van der Waals surface area contributed by atoms with E-state index in [1.54, 1.807) is 0 Å². The molecule has 102 valence electrons. The third kappa shape index (κ3) is 4.23. The quantitative estimate of drug-likeness (QED) is 0.772. The summed E-state index contributed by atoms with van der Waals surface area (Å²) < 4.78 is 0. The minimum Gasteiger partial charge on any atom is -0.394 e. The average Bonchev–Trinajstić information content (AvgIpc) is 2.28. The van der Waals surface area contributed by atoms with Gasteiger partial charge in [0.25, 0.3) is 0 Å². The van der Waals surface area contributed by atoms with Gasteiger partial charge in [0, 0.05) is 11.6 Å². The number of nitrogens with zero attached hydrogens (tertiary/aromatic N) is 1. The summed E-state index contributed by atoms with van der Waals surface area (Å²) in [6.07, 6.45) is 3.57. The van der Waals surface area contributed by atoms with Gasteiger partial charge >= 0.3 is 0 Å². The van der Waals surface area contributed by atoms with Gasteiger partial charge in [0.1, 0.15) is 0 Å². The van der Waals surface area contributed by atoms with Crippen LogP contribution in [0.1, 0.15) is 47.0 Å². The lowest BCUT2D eigenvalue weighted by Gasteiger charge is -2.42. The van der Waals surface area contributed by atoms with Crippen molar-refractivity contribution in [3.05, 3.63) is 0 Å². The van der Waals surface area contributed by atoms with Crippen molar-refractivity contribution >= 4 is 0 Å². The average molecular weight is 242 g/mol. The van der Waals surface area contributed by atoms with Crippen molar-refractivity contribution in [3.8, 4) is 0 Å². The Balaban J connectivity index is 2.46. The number of nitrogens with one attached hydrogen (secondary N) is 1. The van der Waals surface area contributed by atoms with Gasteiger partial charge in [-0.3, -0.25) is 0 Å². The molecule has 0 saturated carbocycles. The lowest BCUT2D eigenvalue weighted by Crippen LogP contribution is -2.51. The first-order chi connectivity index (χ1) is 7.82. The molecule has 0 amide bonds. The molecule has 2 atom stereocenters. The highest BCUT2D eigenvalue weighted by molar-refractivity contribution is 4.88. The van der Waals surface area contributed by atoms with E-state index in [-0.39, 0.29) is 12.1 Å². The first kappa shape index (κ1) is 14.9. The molecule has 0 aliphatic carbocycles. The monoisotopic (exact) mass is 242 g/mol. The van der Waals surface area contributed by atoms with Crippen LogP contribution in [0.15, 0.2) is 0 Å². The smallest absolute Gasteiger partial charge is 0.0611 e. The van der Waals surface area contributed by atoms with Crippen LogP contribution < -0.4 is 5.32 Å². The first-order valence-corrected chi connectivity index (χ1v) is 6.86. The van der Waals surface area contributed by atoms with Crippen LogP contribution in [-0.4, -0.2) is 48.3 Å². The molecule has 0 aromatic rings. The van der Waals surface area contributed by atoms with Gasteiger partial charge in [-0.1, -0.05) is 13.8 Å². The molecule has 0 aromatic carbocycles. The highest BCUT2D eigenvalue weighted by atomic mass is 16.3. The second-order valence-electron chi connectivity index (χ2n) is 6.72. The molecule has 2 N–H and O–H groups in total. The standard InChI is InChI=1S/C14H30N2O/c1-12(10-14(4,11-17)15-5)16-8-6-13(2,3)7-9-16/h12,15,17H,6-11H2,1-5H3. The molecule has 17 heavy (non-hydrogen) atoms. The van der Waals surface area contributed by atoms with Crippen LogP contribution in [-0.2, 0) is 0 Å². The van der Waals surface area contributed by atoms with E-state index in [4.69, 9.17) is 0 Å². The zero-order valence-corrected chi connectivity index (χ0v) is 12.2. The highest BCUT2D eigenvalue weighted by Gasteiger charge is 2.31. The molecule has 1 rings (SSSR count). The third-order valence-electron chi connectivity index (χ3n) is 4.47. The van der Waals surface area contributed by atoms with Gasteiger partial charge in [0.15, 0.2) is 0 Å². The summed E-state index contributed by atoms with van der Waals surface area (Å²) in [5.74, 6) is 0. The van der Waals surface area contributed by atoms with Crippen molar-refractivity contribution in [1.82, 2.24) is 10.2 Å². The number of likely N-dealkylation sites (N-methyl/N-ethyl adjacent to an activating group) is 1. The molecule has 1 aliphatic heterocycles. The molecule has 3 heteroatoms. The predicted octanol–water partition coefficient (Wildman–Crippen LogP) is 1.86. The SMILES string of the molecule is CNC(C)(CO)CC(C)N1CCC(C)(C)CC1. The second-order valence-corrected chi connectivity index (χ2v) is 6.72. The van der Waals surface area contributed by atoms with Gasteiger partial charge in [-0.2, -0.15) is 0 Å². The fourth-order valence-corrected chi connectivity index (χ4v) is 2.60. The Morgan fingerprint density at radius 3 is 2.29 bits per heavy atom. The van der Waals surface area contributed by atoms with Crippen LogP contribution in [0.4, 0.5) is 0 Å². The molecule has 1 saturated heterocycles. The van der Waals surface area contributed by atoms with Gasteiger partial charge in [-0.05, 0) is 58.7 Å². The van der Waals surface area contributed by atoms with Crippen molar-refractivity contribution in [2.75, 3.05) is 26.7 Å². The normalized spacial score (nSPS) is 26.5. The number of likely N-dealkylation sites (tertiary alicyclic amines) is 1. The maximum Gasteiger partial charge on any atom is 0.0611 e. The summed E-state index contributed by atoms with van der Waals surface area (Å²) in [4.78, 5) is 2.57. The molecule has 0 radical (unpaired) electrons. The van der Waals surface area contributed by atoms with E-state index in [1.807, 2.05) is 7.05 Å². The number of aliphatic hydroxyl groups is 1. The van der Waals surface area contributed by atoms with Crippen LogP contribution in [0.3, 0.4) is 0 Å². The van der Waals surface area contributed by atoms with Crippen LogP contribution in [0.5, 0.6) is 0 Å². The predicted molar refractivity (Wildman–Crippen MR) is 73.2 cm³/mol. The van der Waals surface area contributed by atoms with Crippen LogP contribution >= 0.6 is 0 Å². The summed E-state index contributed by atoms with van der Waals surface area (Å²) in [6, 6.07) is 0.538. The lowest BCUT2D eigenvalue weighted by molar-refractivity contribution is 0.0713. The zero-order valence-electron chi connectivity index (χ0n) is 12.2. The van der Waals surface area contributed by atoms with Gasteiger partial charge < -0.3 is 15.3 Å². The summed E-state index contributed by atoms with van der Waals surface area (Å²) in [5.41, 5.74) is 0.367. The second kappa shape index (κ2) is 5.68. The number of hydrogen-bond donors (Lipinski definition) is 2. The maximum atomic E-state index is 9.43. The molecular formula is C14H30N2O. The van der Waals surface area contributed by atoms with Gasteiger partial charge in [0.2, 0.25) is 0 Å². The van der Waals surface area contributed by atoms with Crippen LogP contribution in [0, 0.1) is 5.41 Å². The van der Waals surface area contributed by atoms with Crippen molar-refractivity contribution < 1.29 is 5.11 Å². The van der Waals surface area contributed by atoms with E-state index >= 15 is 0 Å². The van der Waals surface area contributed by atoms with Crippen molar-refractivity contribution in [3.63, 3.8) is 0 Å². The number of rotatable bonds is 5. The van der Waals surface area contributed by atoms with Crippen molar-refractivity contribution in [1.29, 1.82) is 0 Å². The Hall–Kier alpha value is -0.120. The summed E-state index contributed by atoms with van der Waals surface area (Å²) in [6.45, 7) is 11.7. The van der Waals surface area contributed by atoms with Crippen molar-refractivity contribution in [2.45, 2.75) is 58.5 Å². The molecule has 1 heterocycles. The molecular weight excluding hydrogens is 212 g/mol. The molecule has 0 bridgehead atoms. The third-order valence-corrected chi connectivity index (χ3v) is 4.47. The summed E-state index contributed by atoms with van der Waals surface area (Å²) in [5, 5.41) is 12.7.